The van der Waals surface area contributed by atoms with Crippen LogP contribution in [0.25, 0.3) is 22.4 Å². The second kappa shape index (κ2) is 14.6. The number of aryl methyl sites for hydroxylation is 1. The highest BCUT2D eigenvalue weighted by atomic mass is 35.5. The molecule has 2 aromatic carbocycles. The number of hydrogen-bond donors (Lipinski definition) is 4. The van der Waals surface area contributed by atoms with Crippen molar-refractivity contribution in [2.45, 2.75) is 38.6 Å². The summed E-state index contributed by atoms with van der Waals surface area (Å²) in [6.07, 6.45) is 0.706. The molecule has 4 aromatic rings. The first-order valence-corrected chi connectivity index (χ1v) is 18.5. The Morgan fingerprint density at radius 3 is 2.36 bits per heavy atom. The van der Waals surface area contributed by atoms with Gasteiger partial charge in [-0.1, -0.05) is 17.7 Å². The number of rotatable bonds is 10. The lowest BCUT2D eigenvalue weighted by atomic mass is 10.00. The van der Waals surface area contributed by atoms with E-state index in [2.05, 4.69) is 26.0 Å². The summed E-state index contributed by atoms with van der Waals surface area (Å²) in [6.45, 7) is 6.66. The van der Waals surface area contributed by atoms with Crippen LogP contribution in [0.2, 0.25) is 5.02 Å². The Morgan fingerprint density at radius 1 is 1.02 bits per heavy atom. The number of amides is 4. The molecule has 4 amide bonds. The third-order valence-electron chi connectivity index (χ3n) is 11.1. The number of halogens is 3. The summed E-state index contributed by atoms with van der Waals surface area (Å²) in [4.78, 5) is 45.2. The number of benzene rings is 2. The SMILES string of the molecule is COCCn1nc(C)c(-c2ccc(-c3cnc(C(=O)Nc4ccc(C(=O)NC5C6CN(C(=O)N[C@@H]7C[N+](C)(C)C[C@H]7O)CC65)c(Cl)c4)n3C)c(F)c2F)c1C. The number of hydrogen-bond acceptors (Lipinski definition) is 7. The molecule has 1 aliphatic carbocycles. The van der Waals surface area contributed by atoms with Gasteiger partial charge < -0.3 is 39.7 Å². The Hall–Kier alpha value is -4.90. The molecule has 4 N–H and O–H groups in total. The van der Waals surface area contributed by atoms with E-state index in [4.69, 9.17) is 16.3 Å². The van der Waals surface area contributed by atoms with Crippen molar-refractivity contribution >= 4 is 35.1 Å². The van der Waals surface area contributed by atoms with Crippen LogP contribution in [0.5, 0.6) is 0 Å². The van der Waals surface area contributed by atoms with E-state index < -0.39 is 23.6 Å². The molecule has 3 fully saturated rings. The molecule has 2 saturated heterocycles. The number of ether oxygens (including phenoxy) is 1. The smallest absolute Gasteiger partial charge is 0.317 e. The van der Waals surface area contributed by atoms with E-state index >= 15 is 8.78 Å². The van der Waals surface area contributed by atoms with Gasteiger partial charge in [-0.2, -0.15) is 5.10 Å². The summed E-state index contributed by atoms with van der Waals surface area (Å²) in [7, 11) is 7.13. The van der Waals surface area contributed by atoms with E-state index in [1.54, 1.807) is 30.5 Å². The van der Waals surface area contributed by atoms with E-state index in [1.165, 1.54) is 48.1 Å². The molecular formula is C38H45ClF2N9O5+. The fraction of sp³-hybridized carbons (Fsp3) is 0.447. The van der Waals surface area contributed by atoms with E-state index in [9.17, 15) is 19.5 Å². The molecule has 4 heterocycles. The first-order valence-electron chi connectivity index (χ1n) is 18.1. The van der Waals surface area contributed by atoms with Crippen molar-refractivity contribution in [2.24, 2.45) is 18.9 Å². The van der Waals surface area contributed by atoms with Gasteiger partial charge in [0.15, 0.2) is 17.5 Å². The fourth-order valence-electron chi connectivity index (χ4n) is 8.15. The van der Waals surface area contributed by atoms with E-state index in [1.807, 2.05) is 14.1 Å². The number of nitrogens with one attached hydrogen (secondary N) is 3. The van der Waals surface area contributed by atoms with Crippen molar-refractivity contribution in [1.82, 2.24) is 34.9 Å². The largest absolute Gasteiger partial charge is 0.385 e. The number of anilines is 1. The van der Waals surface area contributed by atoms with Crippen molar-refractivity contribution in [3.05, 3.63) is 76.0 Å². The topological polar surface area (TPSA) is 156 Å². The normalized spacial score (nSPS) is 22.4. The van der Waals surface area contributed by atoms with Gasteiger partial charge in [-0.15, -0.1) is 0 Å². The van der Waals surface area contributed by atoms with Gasteiger partial charge in [0.05, 0.1) is 55.4 Å². The number of methoxy groups -OCH3 is 1. The molecular weight excluding hydrogens is 736 g/mol. The van der Waals surface area contributed by atoms with Gasteiger partial charge in [-0.05, 0) is 38.1 Å². The summed E-state index contributed by atoms with van der Waals surface area (Å²) in [5.74, 6) is -2.93. The maximum atomic E-state index is 15.7. The molecule has 7 rings (SSSR count). The van der Waals surface area contributed by atoms with Gasteiger partial charge in [0.2, 0.25) is 0 Å². The summed E-state index contributed by atoms with van der Waals surface area (Å²) in [5.41, 5.74) is 2.45. The van der Waals surface area contributed by atoms with Gasteiger partial charge in [0, 0.05) is 73.2 Å². The predicted molar refractivity (Wildman–Crippen MR) is 201 cm³/mol. The number of fused-ring (bicyclic) bond motifs is 1. The van der Waals surface area contributed by atoms with Gasteiger partial charge in [0.25, 0.3) is 11.8 Å². The van der Waals surface area contributed by atoms with Crippen molar-refractivity contribution < 1.29 is 37.5 Å². The van der Waals surface area contributed by atoms with Crippen LogP contribution < -0.4 is 16.0 Å². The standard InChI is InChI=1S/C38H44ClF2N9O5/c1-19-31(20(2)49(46-19)11-12-55-6)24-10-9-23(32(40)33(24)41)29-14-42-35(47(29)3)37(53)43-21-7-8-22(27(39)13-21)36(52)45-34-25-15-48(16-26(25)34)38(54)44-28-17-50(4,5)18-30(28)51/h7-10,13-14,25-26,28,30,34,51H,11-12,15-18H2,1-6H3,(H2-,43,44,45,52,53,54)/p+1/t25?,26?,28-,30-,34?/m1/s1. The minimum absolute atomic E-state index is 0.0617. The quantitative estimate of drug-likeness (QED) is 0.180. The first kappa shape index (κ1) is 38.4. The Labute approximate surface area is 322 Å². The molecule has 17 heteroatoms. The van der Waals surface area contributed by atoms with Crippen molar-refractivity contribution in [1.29, 1.82) is 0 Å². The van der Waals surface area contributed by atoms with Crippen LogP contribution in [-0.4, -0.2) is 124 Å². The molecule has 2 aromatic heterocycles. The lowest BCUT2D eigenvalue weighted by Crippen LogP contribution is -2.50. The maximum Gasteiger partial charge on any atom is 0.317 e. The third-order valence-corrected chi connectivity index (χ3v) is 11.4. The van der Waals surface area contributed by atoms with Crippen LogP contribution in [-0.2, 0) is 18.3 Å². The van der Waals surface area contributed by atoms with E-state index in [0.717, 1.165) is 0 Å². The van der Waals surface area contributed by atoms with Crippen LogP contribution in [0.4, 0.5) is 19.3 Å². The average molecular weight is 781 g/mol. The summed E-state index contributed by atoms with van der Waals surface area (Å²) < 4.78 is 40.1. The first-order chi connectivity index (χ1) is 26.1. The molecule has 0 bridgehead atoms. The van der Waals surface area contributed by atoms with Crippen LogP contribution in [0.1, 0.15) is 32.4 Å². The summed E-state index contributed by atoms with van der Waals surface area (Å²) in [5, 5.41) is 23.6. The molecule has 1 saturated carbocycles. The second-order valence-corrected chi connectivity index (χ2v) is 15.8. The van der Waals surface area contributed by atoms with Crippen LogP contribution in [0, 0.1) is 37.3 Å². The van der Waals surface area contributed by atoms with Crippen LogP contribution in [0.15, 0.2) is 36.5 Å². The van der Waals surface area contributed by atoms with Crippen LogP contribution >= 0.6 is 11.6 Å². The molecule has 3 aliphatic rings. The number of likely N-dealkylation sites (tertiary alicyclic amines) is 2. The molecule has 2 aliphatic heterocycles. The molecule has 2 unspecified atom stereocenters. The van der Waals surface area contributed by atoms with Gasteiger partial charge in [-0.3, -0.25) is 14.3 Å². The van der Waals surface area contributed by atoms with Gasteiger partial charge in [0.1, 0.15) is 25.2 Å². The van der Waals surface area contributed by atoms with Gasteiger partial charge >= 0.3 is 6.03 Å². The number of aliphatic hydroxyl groups is 1. The molecule has 14 nitrogen and oxygen atoms in total. The third kappa shape index (κ3) is 7.31. The fourth-order valence-corrected chi connectivity index (χ4v) is 8.41. The number of piperidine rings is 1. The maximum absolute atomic E-state index is 15.7. The van der Waals surface area contributed by atoms with E-state index in [-0.39, 0.29) is 69.1 Å². The number of imidazole rings is 1. The summed E-state index contributed by atoms with van der Waals surface area (Å²) in [6, 6.07) is 6.84. The number of carbonyl (C=O) groups excluding carboxylic acids is 3. The number of quaternary nitrogens is 1. The zero-order valence-corrected chi connectivity index (χ0v) is 32.2. The van der Waals surface area contributed by atoms with Crippen LogP contribution in [0.3, 0.4) is 0 Å². The molecule has 4 atom stereocenters. The number of urea groups is 1. The Morgan fingerprint density at radius 2 is 1.71 bits per heavy atom. The molecule has 0 spiro atoms. The highest BCUT2D eigenvalue weighted by Gasteiger charge is 2.58. The number of aliphatic hydroxyl groups excluding tert-OH is 1. The number of likely N-dealkylation sites (N-methyl/N-ethyl adjacent to an activating group) is 1. The molecule has 0 radical (unpaired) electrons. The average Bonchev–Trinajstić information content (AvgIpc) is 3.53. The minimum atomic E-state index is -1.09. The summed E-state index contributed by atoms with van der Waals surface area (Å²) >= 11 is 6.50. The number of nitrogens with zero attached hydrogens (tertiary/aromatic N) is 6. The Kier molecular flexibility index (Phi) is 10.2. The van der Waals surface area contributed by atoms with Crippen molar-refractivity contribution in [3.8, 4) is 22.4 Å². The second-order valence-electron chi connectivity index (χ2n) is 15.4. The number of aromatic nitrogens is 4. The van der Waals surface area contributed by atoms with Crippen molar-refractivity contribution in [3.63, 3.8) is 0 Å². The Bertz CT molecular complexity index is 2180. The zero-order valence-electron chi connectivity index (χ0n) is 31.5. The molecule has 55 heavy (non-hydrogen) atoms. The number of carbonyl (C=O) groups is 3. The molecule has 292 valence electrons. The van der Waals surface area contributed by atoms with Gasteiger partial charge in [-0.25, -0.2) is 18.6 Å². The lowest BCUT2D eigenvalue weighted by Gasteiger charge is -2.25. The lowest BCUT2D eigenvalue weighted by molar-refractivity contribution is -0.879. The highest BCUT2D eigenvalue weighted by molar-refractivity contribution is 6.34. The Balaban J connectivity index is 0.958. The highest BCUT2D eigenvalue weighted by Crippen LogP contribution is 2.46. The monoisotopic (exact) mass is 780 g/mol. The zero-order chi connectivity index (χ0) is 39.5. The predicted octanol–water partition coefficient (Wildman–Crippen LogP) is 3.59. The minimum Gasteiger partial charge on any atom is -0.385 e. The van der Waals surface area contributed by atoms with E-state index in [0.29, 0.717) is 66.5 Å². The van der Waals surface area contributed by atoms with Crippen molar-refractivity contribution in [2.75, 3.05) is 59.3 Å².